The maximum atomic E-state index is 16.4. The van der Waals surface area contributed by atoms with Crippen LogP contribution < -0.4 is 9.80 Å². The fourth-order valence-electron chi connectivity index (χ4n) is 9.29. The Labute approximate surface area is 351 Å². The smallest absolute Gasteiger partial charge is 0.281 e. The lowest BCUT2D eigenvalue weighted by Crippen LogP contribution is -2.26. The number of anilines is 6. The molecule has 0 N–H and O–H groups in total. The summed E-state index contributed by atoms with van der Waals surface area (Å²) in [4.78, 5) is 21.9. The van der Waals surface area contributed by atoms with Crippen molar-refractivity contribution in [2.24, 2.45) is 0 Å². The highest BCUT2D eigenvalue weighted by Crippen LogP contribution is 2.64. The number of nitriles is 1. The molecule has 0 bridgehead atoms. The lowest BCUT2D eigenvalue weighted by Gasteiger charge is -2.42. The van der Waals surface area contributed by atoms with Crippen LogP contribution in [-0.2, 0) is 11.8 Å². The molecule has 1 aliphatic carbocycles. The minimum absolute atomic E-state index is 0.0672. The van der Waals surface area contributed by atoms with Crippen LogP contribution in [0.3, 0.4) is 0 Å². The quantitative estimate of drug-likeness (QED) is 0.0954. The van der Waals surface area contributed by atoms with Gasteiger partial charge in [-0.25, -0.2) is 22.4 Å². The number of hydrogen-bond acceptors (Lipinski definition) is 4. The number of hydrogen-bond donors (Lipinski definition) is 0. The van der Waals surface area contributed by atoms with E-state index >= 15 is 17.6 Å². The molecule has 2 aliphatic rings. The fraction of sp³-hybridized carbons (Fsp3) is 0.135. The molecule has 61 heavy (non-hydrogen) atoms. The van der Waals surface area contributed by atoms with E-state index in [4.69, 9.17) is 6.57 Å². The Morgan fingerprint density at radius 3 is 1.57 bits per heavy atom. The second kappa shape index (κ2) is 14.4. The monoisotopic (exact) mass is 808 g/mol. The number of carbonyl (C=O) groups is 1. The van der Waals surface area contributed by atoms with E-state index in [9.17, 15) is 10.1 Å². The van der Waals surface area contributed by atoms with Crippen LogP contribution in [0, 0.1) is 45.6 Å². The van der Waals surface area contributed by atoms with Gasteiger partial charge in [0.05, 0.1) is 47.0 Å². The summed E-state index contributed by atoms with van der Waals surface area (Å²) in [6.07, 6.45) is -1.95. The summed E-state index contributed by atoms with van der Waals surface area (Å²) >= 11 is 0. The highest BCUT2D eigenvalue weighted by atomic mass is 19.3. The average molecular weight is 809 g/mol. The third-order valence-corrected chi connectivity index (χ3v) is 11.8. The second-order valence-corrected chi connectivity index (χ2v) is 15.6. The van der Waals surface area contributed by atoms with Gasteiger partial charge in [0.2, 0.25) is 5.69 Å². The van der Waals surface area contributed by atoms with Crippen molar-refractivity contribution >= 4 is 45.6 Å². The van der Waals surface area contributed by atoms with Gasteiger partial charge in [-0.05, 0) is 109 Å². The summed E-state index contributed by atoms with van der Waals surface area (Å²) in [7, 11) is 0. The normalized spacial score (nSPS) is 14.4. The molecule has 7 aromatic carbocycles. The molecule has 0 saturated heterocycles. The van der Waals surface area contributed by atoms with Crippen molar-refractivity contribution in [3.63, 3.8) is 0 Å². The predicted octanol–water partition coefficient (Wildman–Crippen LogP) is 14.7. The highest BCUT2D eigenvalue weighted by molar-refractivity contribution is 6.18. The summed E-state index contributed by atoms with van der Waals surface area (Å²) in [6.45, 7) is 16.6. The molecule has 0 spiro atoms. The average Bonchev–Trinajstić information content (AvgIpc) is 3.44. The molecular formula is C52H36F4N4O. The van der Waals surface area contributed by atoms with Gasteiger partial charge in [0.15, 0.2) is 5.78 Å². The van der Waals surface area contributed by atoms with E-state index in [-0.39, 0.29) is 11.3 Å². The Balaban J connectivity index is 1.45. The van der Waals surface area contributed by atoms with Gasteiger partial charge in [0.1, 0.15) is 6.07 Å². The van der Waals surface area contributed by atoms with Crippen molar-refractivity contribution in [2.45, 2.75) is 46.0 Å². The predicted molar refractivity (Wildman–Crippen MR) is 232 cm³/mol. The number of fused-ring (bicyclic) bond motifs is 3. The van der Waals surface area contributed by atoms with E-state index in [1.165, 1.54) is 29.2 Å². The summed E-state index contributed by atoms with van der Waals surface area (Å²) in [5.74, 6) is -9.48. The lowest BCUT2D eigenvalue weighted by molar-refractivity contribution is -0.0926. The molecule has 0 fully saturated rings. The minimum Gasteiger partial charge on any atom is -0.315 e. The minimum atomic E-state index is -4.23. The first-order chi connectivity index (χ1) is 29.3. The summed E-state index contributed by atoms with van der Waals surface area (Å²) in [5, 5.41) is 11.0. The Morgan fingerprint density at radius 1 is 0.623 bits per heavy atom. The van der Waals surface area contributed by atoms with E-state index in [0.29, 0.717) is 22.7 Å². The molecule has 298 valence electrons. The van der Waals surface area contributed by atoms with E-state index in [0.717, 1.165) is 50.2 Å². The van der Waals surface area contributed by atoms with Gasteiger partial charge in [-0.1, -0.05) is 97.1 Å². The van der Waals surface area contributed by atoms with Gasteiger partial charge >= 0.3 is 0 Å². The maximum absolute atomic E-state index is 16.4. The first kappa shape index (κ1) is 39.0. The molecule has 0 radical (unpaired) electrons. The first-order valence-electron chi connectivity index (χ1n) is 19.7. The molecule has 0 aromatic heterocycles. The van der Waals surface area contributed by atoms with Gasteiger partial charge in [-0.2, -0.15) is 5.26 Å². The molecular weight excluding hydrogens is 773 g/mol. The molecule has 5 nitrogen and oxygen atoms in total. The van der Waals surface area contributed by atoms with Crippen molar-refractivity contribution in [1.29, 1.82) is 5.26 Å². The lowest BCUT2D eigenvalue weighted by atomic mass is 9.87. The van der Waals surface area contributed by atoms with Crippen LogP contribution in [0.2, 0.25) is 0 Å². The topological polar surface area (TPSA) is 51.7 Å². The summed E-state index contributed by atoms with van der Waals surface area (Å²) in [6, 6.07) is 42.2. The number of halogens is 4. The number of carbonyl (C=O) groups excluding carboxylic acids is 1. The van der Waals surface area contributed by atoms with E-state index in [1.807, 2.05) is 130 Å². The van der Waals surface area contributed by atoms with Gasteiger partial charge in [0.25, 0.3) is 11.8 Å². The summed E-state index contributed by atoms with van der Waals surface area (Å²) < 4.78 is 65.1. The standard InChI is InChI=1S/C52H36F4N4O/c1-30-14-12-15-31(2)43(30)35-22-24-39-41(26-35)59(37-20-10-7-11-21-37)42-27-36(44-32(3)16-13-17-33(44)4)23-25-40(42)60(39)49-38(28-57)46-47(52(55,56)29-51(46,53)54)45(48(49)58-5)50(61)34-18-8-6-9-19-34/h6-27H,29H2,1-4H3. The Bertz CT molecular complexity index is 2910. The van der Waals surface area contributed by atoms with Crippen molar-refractivity contribution in [3.8, 4) is 28.3 Å². The van der Waals surface area contributed by atoms with E-state index < -0.39 is 52.0 Å². The number of rotatable bonds is 6. The molecule has 1 heterocycles. The van der Waals surface area contributed by atoms with Crippen LogP contribution in [-0.4, -0.2) is 5.78 Å². The Kier molecular flexibility index (Phi) is 9.18. The van der Waals surface area contributed by atoms with Crippen LogP contribution >= 0.6 is 0 Å². The van der Waals surface area contributed by atoms with Gasteiger partial charge in [0, 0.05) is 27.9 Å². The van der Waals surface area contributed by atoms with Crippen LogP contribution in [0.15, 0.2) is 133 Å². The third kappa shape index (κ3) is 6.07. The van der Waals surface area contributed by atoms with Crippen LogP contribution in [0.1, 0.15) is 61.3 Å². The van der Waals surface area contributed by atoms with Gasteiger partial charge in [-0.15, -0.1) is 0 Å². The molecule has 0 amide bonds. The van der Waals surface area contributed by atoms with Gasteiger partial charge in [-0.3, -0.25) is 4.79 Å². The first-order valence-corrected chi connectivity index (χ1v) is 19.7. The Morgan fingerprint density at radius 2 is 1.10 bits per heavy atom. The SMILES string of the molecule is [C-]#[N+]c1c(C(=O)c2ccccc2)c2c(c(C#N)c1N1c3ccc(-c4c(C)cccc4C)cc3N(c3ccccc3)c3cc(-c4c(C)cccc4C)ccc31)C(F)(F)CC2(F)F. The number of ketones is 1. The number of para-hydroxylation sites is 1. The molecule has 9 rings (SSSR count). The number of nitrogens with zero attached hydrogens (tertiary/aromatic N) is 4. The molecule has 0 saturated carbocycles. The Hall–Kier alpha value is -7.49. The number of aryl methyl sites for hydroxylation is 4. The number of benzene rings is 7. The van der Waals surface area contributed by atoms with Crippen molar-refractivity contribution in [1.82, 2.24) is 0 Å². The zero-order valence-corrected chi connectivity index (χ0v) is 33.6. The zero-order chi connectivity index (χ0) is 43.0. The van der Waals surface area contributed by atoms with Crippen LogP contribution in [0.25, 0.3) is 27.1 Å². The summed E-state index contributed by atoms with van der Waals surface area (Å²) in [5.41, 5.74) is 5.12. The number of alkyl halides is 4. The van der Waals surface area contributed by atoms with Crippen LogP contribution in [0.4, 0.5) is 57.4 Å². The van der Waals surface area contributed by atoms with Crippen molar-refractivity contribution in [2.75, 3.05) is 9.80 Å². The largest absolute Gasteiger partial charge is 0.315 e. The van der Waals surface area contributed by atoms with Gasteiger partial charge < -0.3 is 9.80 Å². The van der Waals surface area contributed by atoms with Crippen molar-refractivity contribution < 1.29 is 22.4 Å². The molecule has 7 aromatic rings. The molecule has 9 heteroatoms. The van der Waals surface area contributed by atoms with E-state index in [2.05, 4.69) is 4.85 Å². The molecule has 0 unspecified atom stereocenters. The van der Waals surface area contributed by atoms with Crippen molar-refractivity contribution in [3.05, 3.63) is 195 Å². The third-order valence-electron chi connectivity index (χ3n) is 11.8. The van der Waals surface area contributed by atoms with E-state index in [1.54, 1.807) is 18.2 Å². The highest BCUT2D eigenvalue weighted by Gasteiger charge is 2.60. The maximum Gasteiger partial charge on any atom is 0.281 e. The zero-order valence-electron chi connectivity index (χ0n) is 33.6. The molecule has 0 atom stereocenters. The van der Waals surface area contributed by atoms with Crippen LogP contribution in [0.5, 0.6) is 0 Å². The molecule has 1 aliphatic heterocycles. The second-order valence-electron chi connectivity index (χ2n) is 15.6. The fourth-order valence-corrected chi connectivity index (χ4v) is 9.29.